The number of halogens is 1. The number of alkyl halides is 1. The van der Waals surface area contributed by atoms with Crippen molar-refractivity contribution in [2.24, 2.45) is 5.92 Å². The SMILES string of the molecule is Cc1ccnc2c1nc(C(C)Cl)n2CC1CCCN(C)C1. The maximum atomic E-state index is 6.36. The van der Waals surface area contributed by atoms with E-state index in [1.54, 1.807) is 0 Å². The Morgan fingerprint density at radius 2 is 2.29 bits per heavy atom. The van der Waals surface area contributed by atoms with Gasteiger partial charge in [0.25, 0.3) is 0 Å². The number of hydrogen-bond donors (Lipinski definition) is 0. The normalized spacial score (nSPS) is 21.8. The molecule has 1 aliphatic rings. The van der Waals surface area contributed by atoms with Gasteiger partial charge in [0, 0.05) is 19.3 Å². The number of piperidine rings is 1. The standard InChI is InChI=1S/C16H23ClN4/c1-11-6-7-18-16-14(11)19-15(12(2)17)21(16)10-13-5-4-8-20(3)9-13/h6-7,12-13H,4-5,8-10H2,1-3H3. The molecule has 2 atom stereocenters. The Balaban J connectivity index is 1.99. The molecule has 0 N–H and O–H groups in total. The van der Waals surface area contributed by atoms with Crippen LogP contribution in [0, 0.1) is 12.8 Å². The van der Waals surface area contributed by atoms with Crippen LogP contribution in [0.2, 0.25) is 0 Å². The smallest absolute Gasteiger partial charge is 0.160 e. The monoisotopic (exact) mass is 306 g/mol. The maximum absolute atomic E-state index is 6.36. The second-order valence-electron chi connectivity index (χ2n) is 6.27. The Morgan fingerprint density at radius 1 is 1.48 bits per heavy atom. The number of likely N-dealkylation sites (tertiary alicyclic amines) is 1. The van der Waals surface area contributed by atoms with Crippen molar-refractivity contribution in [1.29, 1.82) is 0 Å². The molecule has 2 unspecified atom stereocenters. The number of hydrogen-bond acceptors (Lipinski definition) is 3. The summed E-state index contributed by atoms with van der Waals surface area (Å²) in [6.07, 6.45) is 4.41. The van der Waals surface area contributed by atoms with E-state index in [0.29, 0.717) is 5.92 Å². The van der Waals surface area contributed by atoms with Gasteiger partial charge in [0.1, 0.15) is 11.3 Å². The first kappa shape index (κ1) is 14.8. The molecule has 3 heterocycles. The van der Waals surface area contributed by atoms with Gasteiger partial charge in [0.15, 0.2) is 5.65 Å². The van der Waals surface area contributed by atoms with Crippen LogP contribution in [0.1, 0.15) is 36.5 Å². The Bertz CT molecular complexity index is 634. The zero-order chi connectivity index (χ0) is 15.0. The Labute approximate surface area is 131 Å². The molecule has 4 nitrogen and oxygen atoms in total. The molecule has 5 heteroatoms. The average Bonchev–Trinajstić information content (AvgIpc) is 2.80. The first-order valence-electron chi connectivity index (χ1n) is 7.70. The molecule has 2 aromatic rings. The van der Waals surface area contributed by atoms with Gasteiger partial charge in [-0.2, -0.15) is 0 Å². The van der Waals surface area contributed by atoms with Crippen molar-refractivity contribution < 1.29 is 0 Å². The van der Waals surface area contributed by atoms with E-state index in [9.17, 15) is 0 Å². The fourth-order valence-electron chi connectivity index (χ4n) is 3.32. The quantitative estimate of drug-likeness (QED) is 0.815. The molecule has 1 saturated heterocycles. The third kappa shape index (κ3) is 2.92. The van der Waals surface area contributed by atoms with Crippen LogP contribution in [-0.2, 0) is 6.54 Å². The molecule has 0 aromatic carbocycles. The predicted molar refractivity (Wildman–Crippen MR) is 86.8 cm³/mol. The van der Waals surface area contributed by atoms with E-state index in [-0.39, 0.29) is 5.38 Å². The molecule has 0 spiro atoms. The summed E-state index contributed by atoms with van der Waals surface area (Å²) < 4.78 is 2.24. The first-order valence-corrected chi connectivity index (χ1v) is 8.14. The minimum absolute atomic E-state index is 0.0973. The van der Waals surface area contributed by atoms with Crippen molar-refractivity contribution in [2.45, 2.75) is 38.6 Å². The molecule has 0 bridgehead atoms. The number of pyridine rings is 1. The Hall–Kier alpha value is -1.13. The van der Waals surface area contributed by atoms with Crippen molar-refractivity contribution in [3.05, 3.63) is 23.7 Å². The van der Waals surface area contributed by atoms with Crippen LogP contribution in [0.25, 0.3) is 11.2 Å². The van der Waals surface area contributed by atoms with Crippen LogP contribution in [0.4, 0.5) is 0 Å². The summed E-state index contributed by atoms with van der Waals surface area (Å²) in [5, 5.41) is -0.0973. The van der Waals surface area contributed by atoms with E-state index in [1.165, 1.54) is 19.4 Å². The van der Waals surface area contributed by atoms with Crippen molar-refractivity contribution in [3.63, 3.8) is 0 Å². The number of aromatic nitrogens is 3. The van der Waals surface area contributed by atoms with E-state index in [2.05, 4.69) is 28.4 Å². The second-order valence-corrected chi connectivity index (χ2v) is 6.92. The lowest BCUT2D eigenvalue weighted by Gasteiger charge is -2.30. The minimum atomic E-state index is -0.0973. The fourth-order valence-corrected chi connectivity index (χ4v) is 3.49. The molecular formula is C16H23ClN4. The largest absolute Gasteiger partial charge is 0.311 e. The van der Waals surface area contributed by atoms with Gasteiger partial charge >= 0.3 is 0 Å². The van der Waals surface area contributed by atoms with Gasteiger partial charge in [-0.05, 0) is 57.8 Å². The van der Waals surface area contributed by atoms with Crippen LogP contribution in [0.5, 0.6) is 0 Å². The highest BCUT2D eigenvalue weighted by atomic mass is 35.5. The molecule has 0 aliphatic carbocycles. The zero-order valence-corrected chi connectivity index (χ0v) is 13.8. The highest BCUT2D eigenvalue weighted by Crippen LogP contribution is 2.27. The highest BCUT2D eigenvalue weighted by molar-refractivity contribution is 6.20. The van der Waals surface area contributed by atoms with Crippen LogP contribution < -0.4 is 0 Å². The summed E-state index contributed by atoms with van der Waals surface area (Å²) >= 11 is 6.36. The molecule has 0 amide bonds. The second kappa shape index (κ2) is 5.93. The van der Waals surface area contributed by atoms with E-state index in [1.807, 2.05) is 19.2 Å². The predicted octanol–water partition coefficient (Wildman–Crippen LogP) is 3.38. The third-order valence-corrected chi connectivity index (χ3v) is 4.58. The molecular weight excluding hydrogens is 284 g/mol. The summed E-state index contributed by atoms with van der Waals surface area (Å²) in [7, 11) is 2.20. The van der Waals surface area contributed by atoms with Crippen LogP contribution in [0.3, 0.4) is 0 Å². The summed E-state index contributed by atoms with van der Waals surface area (Å²) in [5.41, 5.74) is 3.13. The van der Waals surface area contributed by atoms with E-state index in [4.69, 9.17) is 16.6 Å². The van der Waals surface area contributed by atoms with E-state index < -0.39 is 0 Å². The van der Waals surface area contributed by atoms with Gasteiger partial charge < -0.3 is 9.47 Å². The molecule has 1 aliphatic heterocycles. The van der Waals surface area contributed by atoms with Crippen LogP contribution >= 0.6 is 11.6 Å². The lowest BCUT2D eigenvalue weighted by Crippen LogP contribution is -2.34. The number of aryl methyl sites for hydroxylation is 1. The molecule has 3 rings (SSSR count). The lowest BCUT2D eigenvalue weighted by atomic mass is 9.98. The zero-order valence-electron chi connectivity index (χ0n) is 13.0. The first-order chi connectivity index (χ1) is 10.1. The van der Waals surface area contributed by atoms with Crippen molar-refractivity contribution in [2.75, 3.05) is 20.1 Å². The van der Waals surface area contributed by atoms with Crippen molar-refractivity contribution in [3.8, 4) is 0 Å². The lowest BCUT2D eigenvalue weighted by molar-refractivity contribution is 0.194. The number of fused-ring (bicyclic) bond motifs is 1. The topological polar surface area (TPSA) is 34.0 Å². The van der Waals surface area contributed by atoms with Crippen molar-refractivity contribution >= 4 is 22.8 Å². The summed E-state index contributed by atoms with van der Waals surface area (Å²) in [6, 6.07) is 2.01. The molecule has 0 saturated carbocycles. The summed E-state index contributed by atoms with van der Waals surface area (Å²) in [5.74, 6) is 1.60. The van der Waals surface area contributed by atoms with Gasteiger partial charge in [-0.1, -0.05) is 0 Å². The van der Waals surface area contributed by atoms with Gasteiger partial charge in [0.2, 0.25) is 0 Å². The maximum Gasteiger partial charge on any atom is 0.160 e. The van der Waals surface area contributed by atoms with Gasteiger partial charge in [-0.25, -0.2) is 9.97 Å². The van der Waals surface area contributed by atoms with Crippen molar-refractivity contribution in [1.82, 2.24) is 19.4 Å². The molecule has 114 valence electrons. The van der Waals surface area contributed by atoms with E-state index in [0.717, 1.165) is 35.6 Å². The van der Waals surface area contributed by atoms with Crippen LogP contribution in [0.15, 0.2) is 12.3 Å². The number of imidazole rings is 1. The Morgan fingerprint density at radius 3 is 3.00 bits per heavy atom. The Kier molecular flexibility index (Phi) is 4.18. The van der Waals surface area contributed by atoms with Gasteiger partial charge in [0.05, 0.1) is 5.38 Å². The minimum Gasteiger partial charge on any atom is -0.311 e. The van der Waals surface area contributed by atoms with Gasteiger partial charge in [-0.15, -0.1) is 11.6 Å². The molecule has 21 heavy (non-hydrogen) atoms. The molecule has 1 fully saturated rings. The number of nitrogens with zero attached hydrogens (tertiary/aromatic N) is 4. The molecule has 0 radical (unpaired) electrons. The molecule has 2 aromatic heterocycles. The summed E-state index contributed by atoms with van der Waals surface area (Å²) in [6.45, 7) is 7.38. The van der Waals surface area contributed by atoms with E-state index >= 15 is 0 Å². The van der Waals surface area contributed by atoms with Crippen LogP contribution in [-0.4, -0.2) is 39.6 Å². The van der Waals surface area contributed by atoms with Gasteiger partial charge in [-0.3, -0.25) is 0 Å². The number of rotatable bonds is 3. The fraction of sp³-hybridized carbons (Fsp3) is 0.625. The summed E-state index contributed by atoms with van der Waals surface area (Å²) in [4.78, 5) is 11.7. The highest BCUT2D eigenvalue weighted by Gasteiger charge is 2.22. The third-order valence-electron chi connectivity index (χ3n) is 4.38. The average molecular weight is 307 g/mol.